The Bertz CT molecular complexity index is 1140. The van der Waals surface area contributed by atoms with Crippen molar-refractivity contribution in [3.05, 3.63) is 64.7 Å². The normalized spacial score (nSPS) is 12.9. The number of hydrogen-bond acceptors (Lipinski definition) is 8. The Balaban J connectivity index is 1.95. The summed E-state index contributed by atoms with van der Waals surface area (Å²) in [6.45, 7) is 3.90. The molecule has 1 heterocycles. The van der Waals surface area contributed by atoms with Gasteiger partial charge in [-0.15, -0.1) is 0 Å². The van der Waals surface area contributed by atoms with E-state index in [1.165, 1.54) is 35.7 Å². The van der Waals surface area contributed by atoms with Crippen LogP contribution in [-0.2, 0) is 16.1 Å². The number of benzene rings is 2. The van der Waals surface area contributed by atoms with Crippen molar-refractivity contribution in [1.29, 1.82) is 0 Å². The molecule has 1 saturated heterocycles. The van der Waals surface area contributed by atoms with Gasteiger partial charge in [0.1, 0.15) is 16.7 Å². The third-order valence-corrected chi connectivity index (χ3v) is 6.54. The van der Waals surface area contributed by atoms with Gasteiger partial charge in [0.25, 0.3) is 11.8 Å². The van der Waals surface area contributed by atoms with E-state index in [0.717, 1.165) is 5.56 Å². The molecule has 8 nitrogen and oxygen atoms in total. The Morgan fingerprint density at radius 1 is 1.11 bits per heavy atom. The minimum atomic E-state index is -0.529. The van der Waals surface area contributed by atoms with Crippen LogP contribution in [0.5, 0.6) is 5.75 Å². The van der Waals surface area contributed by atoms with Crippen molar-refractivity contribution in [3.63, 3.8) is 0 Å². The fourth-order valence-electron chi connectivity index (χ4n) is 3.40. The van der Waals surface area contributed by atoms with Crippen molar-refractivity contribution in [3.8, 4) is 5.75 Å². The zero-order valence-electron chi connectivity index (χ0n) is 19.5. The summed E-state index contributed by atoms with van der Waals surface area (Å²) in [7, 11) is 0. The number of rotatable bonds is 10. The van der Waals surface area contributed by atoms with Crippen molar-refractivity contribution < 1.29 is 28.7 Å². The second-order valence-corrected chi connectivity index (χ2v) is 9.34. The summed E-state index contributed by atoms with van der Waals surface area (Å²) in [5.41, 5.74) is 1.15. The highest BCUT2D eigenvalue weighted by molar-refractivity contribution is 8.23. The standard InChI is InChI=1S/C25H26N2O6S2/c1-3-32-21(29)9-10-26-23(30)18-13-19(16(2)28)22(33-15-17-7-5-4-6-8-17)20(14-18)24(31)27-11-12-35-25(27)34/h4-8,13-14H,3,9-12,15H2,1-2H3,(H,26,30). The molecule has 1 N–H and O–H groups in total. The van der Waals surface area contributed by atoms with Crippen molar-refractivity contribution in [2.24, 2.45) is 0 Å². The predicted octanol–water partition coefficient (Wildman–Crippen LogP) is 3.63. The number of ketones is 1. The minimum absolute atomic E-state index is 0.00246. The van der Waals surface area contributed by atoms with Crippen LogP contribution in [0.3, 0.4) is 0 Å². The summed E-state index contributed by atoms with van der Waals surface area (Å²) in [4.78, 5) is 51.9. The molecule has 184 valence electrons. The Morgan fingerprint density at radius 2 is 1.83 bits per heavy atom. The number of amides is 2. The van der Waals surface area contributed by atoms with Gasteiger partial charge in [0.2, 0.25) is 0 Å². The largest absolute Gasteiger partial charge is 0.487 e. The number of nitrogens with zero attached hydrogens (tertiary/aromatic N) is 1. The SMILES string of the molecule is CCOC(=O)CCNC(=O)c1cc(C(C)=O)c(OCc2ccccc2)c(C(=O)N2CCSC2=S)c1. The predicted molar refractivity (Wildman–Crippen MR) is 137 cm³/mol. The van der Waals surface area contributed by atoms with E-state index in [0.29, 0.717) is 16.6 Å². The molecule has 0 bridgehead atoms. The number of esters is 1. The summed E-state index contributed by atoms with van der Waals surface area (Å²) in [6, 6.07) is 12.1. The van der Waals surface area contributed by atoms with Gasteiger partial charge in [0, 0.05) is 24.4 Å². The third-order valence-electron chi connectivity index (χ3n) is 5.11. The van der Waals surface area contributed by atoms with Crippen LogP contribution < -0.4 is 10.1 Å². The maximum absolute atomic E-state index is 13.5. The maximum Gasteiger partial charge on any atom is 0.307 e. The lowest BCUT2D eigenvalue weighted by Crippen LogP contribution is -2.32. The average molecular weight is 515 g/mol. The summed E-state index contributed by atoms with van der Waals surface area (Å²) >= 11 is 6.70. The average Bonchev–Trinajstić information content (AvgIpc) is 3.28. The van der Waals surface area contributed by atoms with Crippen molar-refractivity contribution >= 4 is 51.9 Å². The molecular formula is C25H26N2O6S2. The van der Waals surface area contributed by atoms with Crippen LogP contribution in [-0.4, -0.2) is 58.2 Å². The van der Waals surface area contributed by atoms with Crippen LogP contribution in [0.15, 0.2) is 42.5 Å². The molecule has 1 fully saturated rings. The van der Waals surface area contributed by atoms with Crippen LogP contribution in [0, 0.1) is 0 Å². The van der Waals surface area contributed by atoms with Gasteiger partial charge in [-0.05, 0) is 31.5 Å². The number of thioether (sulfide) groups is 1. The van der Waals surface area contributed by atoms with Crippen LogP contribution in [0.25, 0.3) is 0 Å². The first-order valence-electron chi connectivity index (χ1n) is 11.1. The van der Waals surface area contributed by atoms with Gasteiger partial charge in [-0.1, -0.05) is 54.3 Å². The number of thiocarbonyl (C=S) groups is 1. The van der Waals surface area contributed by atoms with Crippen LogP contribution in [0.4, 0.5) is 0 Å². The van der Waals surface area contributed by atoms with Gasteiger partial charge < -0.3 is 14.8 Å². The highest BCUT2D eigenvalue weighted by Crippen LogP contribution is 2.31. The number of Topliss-reactive ketones (excluding diaryl/α,β-unsaturated/α-hetero) is 1. The van der Waals surface area contributed by atoms with E-state index >= 15 is 0 Å². The van der Waals surface area contributed by atoms with E-state index in [2.05, 4.69) is 5.32 Å². The second kappa shape index (κ2) is 12.5. The van der Waals surface area contributed by atoms with E-state index in [9.17, 15) is 19.2 Å². The molecule has 0 saturated carbocycles. The Labute approximate surface area is 213 Å². The van der Waals surface area contributed by atoms with Gasteiger partial charge in [-0.2, -0.15) is 0 Å². The van der Waals surface area contributed by atoms with E-state index in [-0.39, 0.29) is 54.4 Å². The maximum atomic E-state index is 13.5. The lowest BCUT2D eigenvalue weighted by molar-refractivity contribution is -0.142. The fraction of sp³-hybridized carbons (Fsp3) is 0.320. The highest BCUT2D eigenvalue weighted by Gasteiger charge is 2.30. The molecule has 10 heteroatoms. The molecule has 0 aliphatic carbocycles. The summed E-state index contributed by atoms with van der Waals surface area (Å²) in [5, 5.41) is 2.63. The topological polar surface area (TPSA) is 102 Å². The summed E-state index contributed by atoms with van der Waals surface area (Å²) < 4.78 is 11.3. The van der Waals surface area contributed by atoms with E-state index in [4.69, 9.17) is 21.7 Å². The molecule has 0 spiro atoms. The number of ether oxygens (including phenoxy) is 2. The minimum Gasteiger partial charge on any atom is -0.487 e. The van der Waals surface area contributed by atoms with Gasteiger partial charge in [0.05, 0.1) is 24.2 Å². The summed E-state index contributed by atoms with van der Waals surface area (Å²) in [6.07, 6.45) is 0.00246. The zero-order valence-corrected chi connectivity index (χ0v) is 21.1. The molecule has 35 heavy (non-hydrogen) atoms. The highest BCUT2D eigenvalue weighted by atomic mass is 32.2. The van der Waals surface area contributed by atoms with Crippen molar-refractivity contribution in [2.45, 2.75) is 26.9 Å². The number of carbonyl (C=O) groups is 4. The number of carbonyl (C=O) groups excluding carboxylic acids is 4. The molecule has 0 unspecified atom stereocenters. The molecule has 2 aromatic carbocycles. The van der Waals surface area contributed by atoms with Crippen LogP contribution >= 0.6 is 24.0 Å². The van der Waals surface area contributed by atoms with Gasteiger partial charge in [-0.3, -0.25) is 24.1 Å². The van der Waals surface area contributed by atoms with Crippen LogP contribution in [0.1, 0.15) is 56.9 Å². The first-order valence-corrected chi connectivity index (χ1v) is 12.5. The van der Waals surface area contributed by atoms with Gasteiger partial charge in [-0.25, -0.2) is 0 Å². The lowest BCUT2D eigenvalue weighted by atomic mass is 9.99. The smallest absolute Gasteiger partial charge is 0.307 e. The van der Waals surface area contributed by atoms with Crippen LogP contribution in [0.2, 0.25) is 0 Å². The fourth-order valence-corrected chi connectivity index (χ4v) is 4.60. The molecule has 0 atom stereocenters. The lowest BCUT2D eigenvalue weighted by Gasteiger charge is -2.20. The van der Waals surface area contributed by atoms with Crippen molar-refractivity contribution in [1.82, 2.24) is 10.2 Å². The summed E-state index contributed by atoms with van der Waals surface area (Å²) in [5.74, 6) is -0.989. The molecule has 0 radical (unpaired) electrons. The first kappa shape index (κ1) is 26.4. The molecular weight excluding hydrogens is 488 g/mol. The molecule has 1 aliphatic heterocycles. The van der Waals surface area contributed by atoms with Gasteiger partial charge >= 0.3 is 5.97 Å². The number of nitrogens with one attached hydrogen (secondary N) is 1. The number of hydrogen-bond donors (Lipinski definition) is 1. The molecule has 2 aromatic rings. The monoisotopic (exact) mass is 514 g/mol. The molecule has 2 amide bonds. The quantitative estimate of drug-likeness (QED) is 0.291. The molecule has 3 rings (SSSR count). The third kappa shape index (κ3) is 6.89. The van der Waals surface area contributed by atoms with E-state index < -0.39 is 17.8 Å². The first-order chi connectivity index (χ1) is 16.8. The molecule has 1 aliphatic rings. The Hall–Kier alpha value is -3.24. The van der Waals surface area contributed by atoms with Crippen molar-refractivity contribution in [2.75, 3.05) is 25.4 Å². The second-order valence-electron chi connectivity index (χ2n) is 7.61. The zero-order chi connectivity index (χ0) is 25.4. The Morgan fingerprint density at radius 3 is 2.46 bits per heavy atom. The molecule has 0 aromatic heterocycles. The van der Waals surface area contributed by atoms with Gasteiger partial charge in [0.15, 0.2) is 5.78 Å². The van der Waals surface area contributed by atoms with E-state index in [1.807, 2.05) is 30.3 Å². The van der Waals surface area contributed by atoms with E-state index in [1.54, 1.807) is 6.92 Å². The Kier molecular flexibility index (Phi) is 9.39.